The van der Waals surface area contributed by atoms with Gasteiger partial charge in [0.2, 0.25) is 0 Å². The van der Waals surface area contributed by atoms with Gasteiger partial charge in [-0.15, -0.1) is 11.3 Å². The van der Waals surface area contributed by atoms with Crippen LogP contribution in [-0.2, 0) is 0 Å². The molecular formula is C12H13NOS. The molecule has 0 saturated heterocycles. The van der Waals surface area contributed by atoms with Gasteiger partial charge in [-0.3, -0.25) is 4.79 Å². The lowest BCUT2D eigenvalue weighted by molar-refractivity contribution is 0.100. The fourth-order valence-electron chi connectivity index (χ4n) is 0.953. The predicted octanol–water partition coefficient (Wildman–Crippen LogP) is 2.84. The summed E-state index contributed by atoms with van der Waals surface area (Å²) in [6.07, 6.45) is 0. The van der Waals surface area contributed by atoms with Gasteiger partial charge < -0.3 is 5.73 Å². The summed E-state index contributed by atoms with van der Waals surface area (Å²) in [5.41, 5.74) is 6.25. The fourth-order valence-corrected chi connectivity index (χ4v) is 1.53. The van der Waals surface area contributed by atoms with Crippen LogP contribution in [0.1, 0.15) is 15.2 Å². The van der Waals surface area contributed by atoms with Crippen molar-refractivity contribution in [1.82, 2.24) is 0 Å². The SMILES string of the molecule is Cc1ccccc1.NC(=O)c1cccs1. The van der Waals surface area contributed by atoms with Gasteiger partial charge in [-0.25, -0.2) is 0 Å². The van der Waals surface area contributed by atoms with Crippen LogP contribution in [0.5, 0.6) is 0 Å². The minimum Gasteiger partial charge on any atom is -0.365 e. The highest BCUT2D eigenvalue weighted by atomic mass is 32.1. The highest BCUT2D eigenvalue weighted by molar-refractivity contribution is 7.12. The van der Waals surface area contributed by atoms with E-state index in [0.717, 1.165) is 0 Å². The molecule has 3 heteroatoms. The van der Waals surface area contributed by atoms with Crippen molar-refractivity contribution in [2.24, 2.45) is 5.73 Å². The van der Waals surface area contributed by atoms with Crippen LogP contribution in [0.4, 0.5) is 0 Å². The van der Waals surface area contributed by atoms with Crippen LogP contribution in [-0.4, -0.2) is 5.91 Å². The average Bonchev–Trinajstić information content (AvgIpc) is 2.72. The van der Waals surface area contributed by atoms with Crippen molar-refractivity contribution in [3.8, 4) is 0 Å². The Balaban J connectivity index is 0.000000151. The van der Waals surface area contributed by atoms with E-state index < -0.39 is 0 Å². The van der Waals surface area contributed by atoms with E-state index in [4.69, 9.17) is 5.73 Å². The Labute approximate surface area is 93.4 Å². The summed E-state index contributed by atoms with van der Waals surface area (Å²) in [7, 11) is 0. The van der Waals surface area contributed by atoms with Crippen molar-refractivity contribution >= 4 is 17.2 Å². The molecule has 1 amide bonds. The summed E-state index contributed by atoms with van der Waals surface area (Å²) in [5.74, 6) is -0.347. The molecular weight excluding hydrogens is 206 g/mol. The van der Waals surface area contributed by atoms with E-state index in [2.05, 4.69) is 19.1 Å². The minimum absolute atomic E-state index is 0.347. The smallest absolute Gasteiger partial charge is 0.258 e. The van der Waals surface area contributed by atoms with Crippen molar-refractivity contribution in [3.05, 3.63) is 58.3 Å². The molecule has 0 aliphatic rings. The first-order chi connectivity index (χ1) is 7.20. The number of thiophene rings is 1. The molecule has 2 aromatic rings. The molecule has 0 fully saturated rings. The lowest BCUT2D eigenvalue weighted by atomic mass is 10.2. The summed E-state index contributed by atoms with van der Waals surface area (Å²) in [5, 5.41) is 1.82. The van der Waals surface area contributed by atoms with E-state index in [1.54, 1.807) is 12.1 Å². The fraction of sp³-hybridized carbons (Fsp3) is 0.0833. The topological polar surface area (TPSA) is 43.1 Å². The third-order valence-electron chi connectivity index (χ3n) is 1.70. The van der Waals surface area contributed by atoms with Gasteiger partial charge in [-0.05, 0) is 18.4 Å². The Morgan fingerprint density at radius 1 is 1.13 bits per heavy atom. The van der Waals surface area contributed by atoms with Gasteiger partial charge in [0.05, 0.1) is 4.88 Å². The Hall–Kier alpha value is -1.61. The van der Waals surface area contributed by atoms with E-state index in [-0.39, 0.29) is 5.91 Å². The van der Waals surface area contributed by atoms with E-state index >= 15 is 0 Å². The van der Waals surface area contributed by atoms with Crippen LogP contribution < -0.4 is 5.73 Å². The predicted molar refractivity (Wildman–Crippen MR) is 64.0 cm³/mol. The number of aryl methyl sites for hydroxylation is 1. The summed E-state index contributed by atoms with van der Waals surface area (Å²) in [6, 6.07) is 13.8. The summed E-state index contributed by atoms with van der Waals surface area (Å²) in [6.45, 7) is 2.08. The number of primary amides is 1. The highest BCUT2D eigenvalue weighted by Crippen LogP contribution is 2.05. The Kier molecular flexibility index (Phi) is 4.57. The zero-order valence-electron chi connectivity index (χ0n) is 8.51. The van der Waals surface area contributed by atoms with Gasteiger partial charge in [0, 0.05) is 0 Å². The molecule has 0 atom stereocenters. The zero-order valence-corrected chi connectivity index (χ0v) is 9.33. The monoisotopic (exact) mass is 219 g/mol. The quantitative estimate of drug-likeness (QED) is 0.787. The number of nitrogens with two attached hydrogens (primary N) is 1. The number of carbonyl (C=O) groups excluding carboxylic acids is 1. The number of amides is 1. The minimum atomic E-state index is -0.347. The van der Waals surface area contributed by atoms with E-state index in [1.807, 2.05) is 23.6 Å². The largest absolute Gasteiger partial charge is 0.365 e. The molecule has 2 N–H and O–H groups in total. The van der Waals surface area contributed by atoms with Crippen LogP contribution in [0, 0.1) is 6.92 Å². The third-order valence-corrected chi connectivity index (χ3v) is 2.59. The molecule has 1 aromatic heterocycles. The third kappa shape index (κ3) is 4.42. The standard InChI is InChI=1S/C7H8.C5H5NOS/c1-7-5-3-2-4-6-7;6-5(7)4-2-1-3-8-4/h2-6H,1H3;1-3H,(H2,6,7). The number of carbonyl (C=O) groups is 1. The molecule has 1 heterocycles. The molecule has 0 bridgehead atoms. The van der Waals surface area contributed by atoms with Crippen LogP contribution in [0.15, 0.2) is 47.8 Å². The Bertz CT molecular complexity index is 395. The second-order valence-corrected chi connectivity index (χ2v) is 3.94. The number of rotatable bonds is 1. The maximum absolute atomic E-state index is 10.3. The molecule has 2 nitrogen and oxygen atoms in total. The lowest BCUT2D eigenvalue weighted by Crippen LogP contribution is -2.07. The van der Waals surface area contributed by atoms with Crippen LogP contribution >= 0.6 is 11.3 Å². The van der Waals surface area contributed by atoms with Crippen molar-refractivity contribution in [3.63, 3.8) is 0 Å². The van der Waals surface area contributed by atoms with E-state index in [9.17, 15) is 4.79 Å². The van der Waals surface area contributed by atoms with Gasteiger partial charge in [-0.1, -0.05) is 42.0 Å². The maximum Gasteiger partial charge on any atom is 0.258 e. The molecule has 0 aliphatic heterocycles. The van der Waals surface area contributed by atoms with E-state index in [1.165, 1.54) is 16.9 Å². The average molecular weight is 219 g/mol. The van der Waals surface area contributed by atoms with Crippen LogP contribution in [0.3, 0.4) is 0 Å². The molecule has 1 aromatic carbocycles. The lowest BCUT2D eigenvalue weighted by Gasteiger charge is -1.82. The zero-order chi connectivity index (χ0) is 11.1. The van der Waals surface area contributed by atoms with Crippen LogP contribution in [0.25, 0.3) is 0 Å². The molecule has 0 spiro atoms. The van der Waals surface area contributed by atoms with Gasteiger partial charge in [-0.2, -0.15) is 0 Å². The van der Waals surface area contributed by atoms with Gasteiger partial charge in [0.1, 0.15) is 0 Å². The van der Waals surface area contributed by atoms with E-state index in [0.29, 0.717) is 4.88 Å². The first kappa shape index (κ1) is 11.5. The molecule has 15 heavy (non-hydrogen) atoms. The van der Waals surface area contributed by atoms with Crippen molar-refractivity contribution in [2.75, 3.05) is 0 Å². The van der Waals surface area contributed by atoms with Crippen molar-refractivity contribution in [1.29, 1.82) is 0 Å². The maximum atomic E-state index is 10.3. The normalized spacial score (nSPS) is 8.87. The first-order valence-electron chi connectivity index (χ1n) is 4.55. The second kappa shape index (κ2) is 5.98. The molecule has 78 valence electrons. The van der Waals surface area contributed by atoms with Crippen molar-refractivity contribution < 1.29 is 4.79 Å². The van der Waals surface area contributed by atoms with Gasteiger partial charge in [0.15, 0.2) is 0 Å². The van der Waals surface area contributed by atoms with Crippen molar-refractivity contribution in [2.45, 2.75) is 6.92 Å². The summed E-state index contributed by atoms with van der Waals surface area (Å²) in [4.78, 5) is 10.9. The molecule has 0 unspecified atom stereocenters. The first-order valence-corrected chi connectivity index (χ1v) is 5.43. The highest BCUT2D eigenvalue weighted by Gasteiger charge is 1.96. The molecule has 0 aliphatic carbocycles. The van der Waals surface area contributed by atoms with Gasteiger partial charge in [0.25, 0.3) is 5.91 Å². The number of hydrogen-bond donors (Lipinski definition) is 1. The Morgan fingerprint density at radius 3 is 2.07 bits per heavy atom. The van der Waals surface area contributed by atoms with Crippen LogP contribution in [0.2, 0.25) is 0 Å². The summed E-state index contributed by atoms with van der Waals surface area (Å²) < 4.78 is 0. The number of hydrogen-bond acceptors (Lipinski definition) is 2. The Morgan fingerprint density at radius 2 is 1.80 bits per heavy atom. The van der Waals surface area contributed by atoms with Gasteiger partial charge >= 0.3 is 0 Å². The second-order valence-electron chi connectivity index (χ2n) is 3.00. The summed E-state index contributed by atoms with van der Waals surface area (Å²) >= 11 is 1.36. The molecule has 0 saturated carbocycles. The molecule has 2 rings (SSSR count). The number of benzene rings is 1. The molecule has 0 radical (unpaired) electrons.